The lowest BCUT2D eigenvalue weighted by molar-refractivity contribution is 0.0950. The molecule has 0 bridgehead atoms. The zero-order valence-corrected chi connectivity index (χ0v) is 9.08. The number of carbonyl (C=O) groups is 1. The van der Waals surface area contributed by atoms with Crippen molar-refractivity contribution in [1.82, 2.24) is 5.32 Å². The summed E-state index contributed by atoms with van der Waals surface area (Å²) in [6, 6.07) is 6.07. The number of rotatable bonds is 2. The summed E-state index contributed by atoms with van der Waals surface area (Å²) in [4.78, 5) is 11.7. The van der Waals surface area contributed by atoms with E-state index in [9.17, 15) is 4.79 Å². The normalized spacial score (nSPS) is 23.7. The van der Waals surface area contributed by atoms with Crippen LogP contribution in [0.5, 0.6) is 0 Å². The van der Waals surface area contributed by atoms with Crippen molar-refractivity contribution >= 4 is 5.91 Å². The molecule has 2 atom stereocenters. The van der Waals surface area contributed by atoms with Crippen LogP contribution in [0.3, 0.4) is 0 Å². The van der Waals surface area contributed by atoms with Crippen molar-refractivity contribution < 1.29 is 4.79 Å². The third-order valence-corrected chi connectivity index (χ3v) is 2.93. The van der Waals surface area contributed by atoms with Crippen molar-refractivity contribution in [1.29, 1.82) is 0 Å². The van der Waals surface area contributed by atoms with E-state index in [0.29, 0.717) is 0 Å². The molecule has 1 aliphatic rings. The van der Waals surface area contributed by atoms with Crippen molar-refractivity contribution in [2.75, 3.05) is 0 Å². The minimum Gasteiger partial charge on any atom is -0.348 e. The number of benzene rings is 1. The Bertz CT molecular complexity index is 401. The summed E-state index contributed by atoms with van der Waals surface area (Å²) in [5, 5.41) is 2.90. The molecule has 0 saturated heterocycles. The fourth-order valence-electron chi connectivity index (χ4n) is 1.51. The highest BCUT2D eigenvalue weighted by atomic mass is 16.1. The smallest absolute Gasteiger partial charge is 0.251 e. The van der Waals surface area contributed by atoms with Gasteiger partial charge in [-0.1, -0.05) is 6.07 Å². The summed E-state index contributed by atoms with van der Waals surface area (Å²) in [5.41, 5.74) is 8.70. The van der Waals surface area contributed by atoms with E-state index in [2.05, 4.69) is 5.32 Å². The highest BCUT2D eigenvalue weighted by Gasteiger charge is 2.34. The highest BCUT2D eigenvalue weighted by Crippen LogP contribution is 2.19. The Hall–Kier alpha value is -1.35. The Balaban J connectivity index is 2.08. The third kappa shape index (κ3) is 2.18. The molecule has 0 spiro atoms. The molecule has 15 heavy (non-hydrogen) atoms. The summed E-state index contributed by atoms with van der Waals surface area (Å²) in [6.07, 6.45) is 0.899. The van der Waals surface area contributed by atoms with Crippen LogP contribution in [0.4, 0.5) is 0 Å². The number of amides is 1. The van der Waals surface area contributed by atoms with Crippen molar-refractivity contribution in [2.24, 2.45) is 5.73 Å². The molecule has 3 heteroatoms. The van der Waals surface area contributed by atoms with Gasteiger partial charge >= 0.3 is 0 Å². The SMILES string of the molecule is Cc1ccc(C(=O)NC2CC2N)cc1C. The first kappa shape index (κ1) is 10.2. The van der Waals surface area contributed by atoms with Crippen LogP contribution < -0.4 is 11.1 Å². The third-order valence-electron chi connectivity index (χ3n) is 2.93. The van der Waals surface area contributed by atoms with Crippen LogP contribution in [0, 0.1) is 13.8 Å². The number of hydrogen-bond donors (Lipinski definition) is 2. The van der Waals surface area contributed by atoms with Gasteiger partial charge in [-0.15, -0.1) is 0 Å². The first-order valence-electron chi connectivity index (χ1n) is 5.21. The van der Waals surface area contributed by atoms with Crippen LogP contribution in [0.25, 0.3) is 0 Å². The monoisotopic (exact) mass is 204 g/mol. The predicted octanol–water partition coefficient (Wildman–Crippen LogP) is 1.13. The molecule has 0 radical (unpaired) electrons. The van der Waals surface area contributed by atoms with Gasteiger partial charge in [-0.05, 0) is 43.5 Å². The Labute approximate surface area is 89.7 Å². The van der Waals surface area contributed by atoms with Crippen molar-refractivity contribution in [3.8, 4) is 0 Å². The zero-order valence-electron chi connectivity index (χ0n) is 9.08. The fourth-order valence-corrected chi connectivity index (χ4v) is 1.51. The Morgan fingerprint density at radius 3 is 2.60 bits per heavy atom. The average Bonchev–Trinajstić information content (AvgIpc) is 2.86. The Morgan fingerprint density at radius 2 is 2.07 bits per heavy atom. The van der Waals surface area contributed by atoms with E-state index in [-0.39, 0.29) is 18.0 Å². The number of nitrogens with one attached hydrogen (secondary N) is 1. The summed E-state index contributed by atoms with van der Waals surface area (Å²) in [6.45, 7) is 4.04. The van der Waals surface area contributed by atoms with E-state index in [1.807, 2.05) is 32.0 Å². The Kier molecular flexibility index (Phi) is 2.49. The van der Waals surface area contributed by atoms with Crippen LogP contribution in [0.2, 0.25) is 0 Å². The zero-order chi connectivity index (χ0) is 11.0. The molecule has 3 nitrogen and oxygen atoms in total. The number of aryl methyl sites for hydroxylation is 2. The maximum Gasteiger partial charge on any atom is 0.251 e. The topological polar surface area (TPSA) is 55.1 Å². The van der Waals surface area contributed by atoms with Crippen molar-refractivity contribution in [2.45, 2.75) is 32.4 Å². The standard InChI is InChI=1S/C12H16N2O/c1-7-3-4-9(5-8(7)2)12(15)14-11-6-10(11)13/h3-5,10-11H,6,13H2,1-2H3,(H,14,15). The van der Waals surface area contributed by atoms with Gasteiger partial charge in [0.15, 0.2) is 0 Å². The summed E-state index contributed by atoms with van der Waals surface area (Å²) < 4.78 is 0. The molecule has 2 unspecified atom stereocenters. The maximum atomic E-state index is 11.7. The molecule has 1 amide bonds. The lowest BCUT2D eigenvalue weighted by Gasteiger charge is -2.06. The lowest BCUT2D eigenvalue weighted by Crippen LogP contribution is -2.29. The van der Waals surface area contributed by atoms with Gasteiger partial charge in [-0.3, -0.25) is 4.79 Å². The fraction of sp³-hybridized carbons (Fsp3) is 0.417. The molecule has 1 fully saturated rings. The largest absolute Gasteiger partial charge is 0.348 e. The number of carbonyl (C=O) groups excluding carboxylic acids is 1. The van der Waals surface area contributed by atoms with E-state index in [1.165, 1.54) is 5.56 Å². The molecular formula is C12H16N2O. The summed E-state index contributed by atoms with van der Waals surface area (Å²) in [7, 11) is 0. The summed E-state index contributed by atoms with van der Waals surface area (Å²) >= 11 is 0. The van der Waals surface area contributed by atoms with Crippen molar-refractivity contribution in [3.05, 3.63) is 34.9 Å². The van der Waals surface area contributed by atoms with E-state index < -0.39 is 0 Å². The molecule has 2 rings (SSSR count). The quantitative estimate of drug-likeness (QED) is 0.758. The van der Waals surface area contributed by atoms with Gasteiger partial charge in [0.1, 0.15) is 0 Å². The molecule has 1 aliphatic carbocycles. The predicted molar refractivity (Wildman–Crippen MR) is 59.8 cm³/mol. The molecule has 1 aromatic rings. The summed E-state index contributed by atoms with van der Waals surface area (Å²) in [5.74, 6) is -0.0175. The van der Waals surface area contributed by atoms with Gasteiger partial charge in [-0.25, -0.2) is 0 Å². The van der Waals surface area contributed by atoms with Gasteiger partial charge in [0.25, 0.3) is 5.91 Å². The van der Waals surface area contributed by atoms with Crippen LogP contribution >= 0.6 is 0 Å². The molecule has 0 heterocycles. The second kappa shape index (κ2) is 3.66. The molecular weight excluding hydrogens is 188 g/mol. The molecule has 1 aromatic carbocycles. The maximum absolute atomic E-state index is 11.7. The Morgan fingerprint density at radius 1 is 1.40 bits per heavy atom. The minimum absolute atomic E-state index is 0.0175. The van der Waals surface area contributed by atoms with E-state index >= 15 is 0 Å². The molecule has 0 aliphatic heterocycles. The van der Waals surface area contributed by atoms with E-state index in [4.69, 9.17) is 5.73 Å². The first-order valence-corrected chi connectivity index (χ1v) is 5.21. The molecule has 1 saturated carbocycles. The molecule has 3 N–H and O–H groups in total. The number of hydrogen-bond acceptors (Lipinski definition) is 2. The lowest BCUT2D eigenvalue weighted by atomic mass is 10.1. The highest BCUT2D eigenvalue weighted by molar-refractivity contribution is 5.94. The van der Waals surface area contributed by atoms with E-state index in [1.54, 1.807) is 0 Å². The van der Waals surface area contributed by atoms with E-state index in [0.717, 1.165) is 17.5 Å². The van der Waals surface area contributed by atoms with Gasteiger partial charge < -0.3 is 11.1 Å². The van der Waals surface area contributed by atoms with Crippen molar-refractivity contribution in [3.63, 3.8) is 0 Å². The number of nitrogens with two attached hydrogens (primary N) is 1. The molecule has 80 valence electrons. The van der Waals surface area contributed by atoms with Crippen LogP contribution in [0.15, 0.2) is 18.2 Å². The van der Waals surface area contributed by atoms with Crippen LogP contribution in [-0.4, -0.2) is 18.0 Å². The van der Waals surface area contributed by atoms with Gasteiger partial charge in [0, 0.05) is 17.6 Å². The minimum atomic E-state index is -0.0175. The average molecular weight is 204 g/mol. The first-order chi connectivity index (χ1) is 7.08. The second-order valence-corrected chi connectivity index (χ2v) is 4.28. The molecule has 0 aromatic heterocycles. The van der Waals surface area contributed by atoms with Crippen LogP contribution in [0.1, 0.15) is 27.9 Å². The van der Waals surface area contributed by atoms with Gasteiger partial charge in [-0.2, -0.15) is 0 Å². The van der Waals surface area contributed by atoms with Crippen LogP contribution in [-0.2, 0) is 0 Å². The van der Waals surface area contributed by atoms with Gasteiger partial charge in [0.2, 0.25) is 0 Å². The van der Waals surface area contributed by atoms with Gasteiger partial charge in [0.05, 0.1) is 0 Å². The second-order valence-electron chi connectivity index (χ2n) is 4.28.